The fourth-order valence-electron chi connectivity index (χ4n) is 3.83. The van der Waals surface area contributed by atoms with E-state index < -0.39 is 24.4 Å². The van der Waals surface area contributed by atoms with Crippen LogP contribution in [0.25, 0.3) is 0 Å². The molecule has 1 saturated heterocycles. The highest BCUT2D eigenvalue weighted by Crippen LogP contribution is 2.19. The van der Waals surface area contributed by atoms with Crippen molar-refractivity contribution >= 4 is 0 Å². The Morgan fingerprint density at radius 2 is 1.41 bits per heavy atom. The zero-order valence-electron chi connectivity index (χ0n) is 18.6. The monoisotopic (exact) mass is 414 g/mol. The van der Waals surface area contributed by atoms with E-state index in [0.717, 1.165) is 12.8 Å². The zero-order valence-corrected chi connectivity index (χ0v) is 18.6. The molecule has 1 aliphatic heterocycles. The summed E-state index contributed by atoms with van der Waals surface area (Å²) < 4.78 is 10.9. The highest BCUT2D eigenvalue weighted by Gasteiger charge is 2.40. The first-order valence-corrected chi connectivity index (χ1v) is 12.1. The molecule has 0 aromatic carbocycles. The third-order valence-corrected chi connectivity index (χ3v) is 5.74. The standard InChI is InChI=1S/C24H46O5/c1-2-3-4-5-6-7-8-9-10-11-12-13-14-15-16-17-18-28-22(19-25)24-23(27)21(26)20-29-24/h15-16,21-27H,2-14,17-20H2,1H3/b16-15+/t21-,22+,23+,24+/m1/s1. The average Bonchev–Trinajstić information content (AvgIpc) is 3.06. The Labute approximate surface area is 178 Å². The summed E-state index contributed by atoms with van der Waals surface area (Å²) in [6.45, 7) is 2.61. The van der Waals surface area contributed by atoms with Crippen molar-refractivity contribution in [2.24, 2.45) is 0 Å². The second kappa shape index (κ2) is 18.3. The molecule has 0 aliphatic carbocycles. The second-order valence-electron chi connectivity index (χ2n) is 8.39. The van der Waals surface area contributed by atoms with Crippen LogP contribution in [0.1, 0.15) is 96.8 Å². The van der Waals surface area contributed by atoms with Gasteiger partial charge in [-0.15, -0.1) is 0 Å². The lowest BCUT2D eigenvalue weighted by Crippen LogP contribution is -2.42. The molecule has 0 unspecified atom stereocenters. The number of aliphatic hydroxyl groups is 3. The minimum absolute atomic E-state index is 0.0879. The lowest BCUT2D eigenvalue weighted by Gasteiger charge is -2.24. The van der Waals surface area contributed by atoms with E-state index in [9.17, 15) is 15.3 Å². The van der Waals surface area contributed by atoms with Gasteiger partial charge in [0.2, 0.25) is 0 Å². The highest BCUT2D eigenvalue weighted by atomic mass is 16.6. The minimum Gasteiger partial charge on any atom is -0.394 e. The molecule has 0 aromatic rings. The first-order chi connectivity index (χ1) is 14.2. The van der Waals surface area contributed by atoms with E-state index >= 15 is 0 Å². The van der Waals surface area contributed by atoms with Gasteiger partial charge in [-0.25, -0.2) is 0 Å². The van der Waals surface area contributed by atoms with Gasteiger partial charge in [-0.2, -0.15) is 0 Å². The molecule has 0 aromatic heterocycles. The SMILES string of the molecule is CCCCCCCCCCCCCC/C=C/CCO[C@@H](CO)[C@@H]1OC[C@@H](O)[C@@H]1O. The number of hydrogen-bond acceptors (Lipinski definition) is 5. The van der Waals surface area contributed by atoms with Crippen LogP contribution in [0.2, 0.25) is 0 Å². The van der Waals surface area contributed by atoms with Crippen molar-refractivity contribution in [3.63, 3.8) is 0 Å². The molecule has 172 valence electrons. The molecule has 0 radical (unpaired) electrons. The number of unbranched alkanes of at least 4 members (excludes halogenated alkanes) is 12. The lowest BCUT2D eigenvalue weighted by atomic mass is 10.0. The van der Waals surface area contributed by atoms with Gasteiger partial charge in [0.25, 0.3) is 0 Å². The van der Waals surface area contributed by atoms with Crippen molar-refractivity contribution < 1.29 is 24.8 Å². The fraction of sp³-hybridized carbons (Fsp3) is 0.917. The van der Waals surface area contributed by atoms with Crippen molar-refractivity contribution in [3.05, 3.63) is 12.2 Å². The maximum atomic E-state index is 9.82. The summed E-state index contributed by atoms with van der Waals surface area (Å²) in [6.07, 6.45) is 19.6. The molecule has 4 atom stereocenters. The van der Waals surface area contributed by atoms with Crippen molar-refractivity contribution in [1.29, 1.82) is 0 Å². The third kappa shape index (κ3) is 12.7. The number of aliphatic hydroxyl groups excluding tert-OH is 3. The summed E-state index contributed by atoms with van der Waals surface area (Å²) in [5, 5.41) is 28.7. The topological polar surface area (TPSA) is 79.2 Å². The van der Waals surface area contributed by atoms with Gasteiger partial charge in [0.1, 0.15) is 24.4 Å². The maximum Gasteiger partial charge on any atom is 0.114 e. The van der Waals surface area contributed by atoms with Crippen LogP contribution in [-0.2, 0) is 9.47 Å². The van der Waals surface area contributed by atoms with E-state index in [-0.39, 0.29) is 13.2 Å². The van der Waals surface area contributed by atoms with Crippen molar-refractivity contribution in [1.82, 2.24) is 0 Å². The Balaban J connectivity index is 1.87. The van der Waals surface area contributed by atoms with Crippen LogP contribution < -0.4 is 0 Å². The van der Waals surface area contributed by atoms with Crippen LogP contribution in [0.4, 0.5) is 0 Å². The first-order valence-electron chi connectivity index (χ1n) is 12.1. The van der Waals surface area contributed by atoms with Crippen LogP contribution in [0.15, 0.2) is 12.2 Å². The predicted octanol–water partition coefficient (Wildman–Crippen LogP) is 4.52. The Bertz CT molecular complexity index is 387. The summed E-state index contributed by atoms with van der Waals surface area (Å²) in [5.41, 5.74) is 0. The number of allylic oxidation sites excluding steroid dienone is 1. The van der Waals surface area contributed by atoms with Gasteiger partial charge in [0.05, 0.1) is 19.8 Å². The van der Waals surface area contributed by atoms with Crippen LogP contribution >= 0.6 is 0 Å². The summed E-state index contributed by atoms with van der Waals surface area (Å²) in [5.74, 6) is 0. The molecule has 0 spiro atoms. The summed E-state index contributed by atoms with van der Waals surface area (Å²) >= 11 is 0. The summed E-state index contributed by atoms with van der Waals surface area (Å²) in [4.78, 5) is 0. The van der Waals surface area contributed by atoms with E-state index in [0.29, 0.717) is 6.61 Å². The van der Waals surface area contributed by atoms with Crippen LogP contribution in [0, 0.1) is 0 Å². The van der Waals surface area contributed by atoms with Crippen molar-refractivity contribution in [3.8, 4) is 0 Å². The maximum absolute atomic E-state index is 9.82. The third-order valence-electron chi connectivity index (χ3n) is 5.74. The Kier molecular flexibility index (Phi) is 16.8. The predicted molar refractivity (Wildman–Crippen MR) is 118 cm³/mol. The van der Waals surface area contributed by atoms with Gasteiger partial charge >= 0.3 is 0 Å². The van der Waals surface area contributed by atoms with Gasteiger partial charge in [0.15, 0.2) is 0 Å². The van der Waals surface area contributed by atoms with Gasteiger partial charge in [-0.1, -0.05) is 89.7 Å². The van der Waals surface area contributed by atoms with Gasteiger partial charge in [-0.05, 0) is 19.3 Å². The van der Waals surface area contributed by atoms with Gasteiger partial charge in [-0.3, -0.25) is 0 Å². The minimum atomic E-state index is -0.992. The largest absolute Gasteiger partial charge is 0.394 e. The molecule has 3 N–H and O–H groups in total. The van der Waals surface area contributed by atoms with Gasteiger partial charge < -0.3 is 24.8 Å². The number of hydrogen-bond donors (Lipinski definition) is 3. The molecule has 0 amide bonds. The van der Waals surface area contributed by atoms with Crippen molar-refractivity contribution in [2.75, 3.05) is 19.8 Å². The number of rotatable bonds is 19. The average molecular weight is 415 g/mol. The van der Waals surface area contributed by atoms with E-state index in [2.05, 4.69) is 19.1 Å². The molecule has 1 aliphatic rings. The summed E-state index contributed by atoms with van der Waals surface area (Å²) in [7, 11) is 0. The molecule has 1 fully saturated rings. The Hall–Kier alpha value is -0.460. The van der Waals surface area contributed by atoms with E-state index in [1.807, 2.05) is 0 Å². The second-order valence-corrected chi connectivity index (χ2v) is 8.39. The highest BCUT2D eigenvalue weighted by molar-refractivity contribution is 4.89. The van der Waals surface area contributed by atoms with Crippen LogP contribution in [0.5, 0.6) is 0 Å². The molecule has 1 heterocycles. The Morgan fingerprint density at radius 3 is 1.93 bits per heavy atom. The molecular formula is C24H46O5. The fourth-order valence-corrected chi connectivity index (χ4v) is 3.83. The van der Waals surface area contributed by atoms with Gasteiger partial charge in [0, 0.05) is 0 Å². The van der Waals surface area contributed by atoms with Crippen molar-refractivity contribution in [2.45, 2.75) is 121 Å². The smallest absolute Gasteiger partial charge is 0.114 e. The molecule has 0 bridgehead atoms. The van der Waals surface area contributed by atoms with E-state index in [4.69, 9.17) is 9.47 Å². The lowest BCUT2D eigenvalue weighted by molar-refractivity contribution is -0.0996. The molecule has 5 heteroatoms. The Morgan fingerprint density at radius 1 is 0.862 bits per heavy atom. The quantitative estimate of drug-likeness (QED) is 0.214. The van der Waals surface area contributed by atoms with E-state index in [1.54, 1.807) is 0 Å². The van der Waals surface area contributed by atoms with Crippen LogP contribution in [-0.4, -0.2) is 59.6 Å². The molecule has 5 nitrogen and oxygen atoms in total. The van der Waals surface area contributed by atoms with E-state index in [1.165, 1.54) is 77.0 Å². The normalized spacial score (nSPS) is 23.2. The number of ether oxygens (including phenoxy) is 2. The molecule has 1 rings (SSSR count). The van der Waals surface area contributed by atoms with Crippen LogP contribution in [0.3, 0.4) is 0 Å². The zero-order chi connectivity index (χ0) is 21.2. The summed E-state index contributed by atoms with van der Waals surface area (Å²) in [6, 6.07) is 0. The molecular weight excluding hydrogens is 368 g/mol. The molecule has 29 heavy (non-hydrogen) atoms. The molecule has 0 saturated carbocycles. The first kappa shape index (κ1) is 26.6.